The van der Waals surface area contributed by atoms with Crippen LogP contribution in [0.1, 0.15) is 41.4 Å². The van der Waals surface area contributed by atoms with Gasteiger partial charge in [0.05, 0.1) is 0 Å². The van der Waals surface area contributed by atoms with E-state index in [9.17, 15) is 0 Å². The van der Waals surface area contributed by atoms with E-state index in [0.29, 0.717) is 0 Å². The smallest absolute Gasteiger partial charge is 0.107 e. The highest BCUT2D eigenvalue weighted by Crippen LogP contribution is 2.28. The standard InChI is InChI=1S/C14H21N3O/c1-5-15-12(8-13-16-6-7-17-13)14-9(2)10(3)18-11(14)4/h6-7,12,15H,5,8H2,1-4H3,(H,16,17). The molecule has 1 unspecified atom stereocenters. The van der Waals surface area contributed by atoms with Crippen LogP contribution in [0.15, 0.2) is 16.8 Å². The van der Waals surface area contributed by atoms with Gasteiger partial charge >= 0.3 is 0 Å². The highest BCUT2D eigenvalue weighted by atomic mass is 16.3. The predicted molar refractivity (Wildman–Crippen MR) is 71.6 cm³/mol. The van der Waals surface area contributed by atoms with Crippen LogP contribution in [0.5, 0.6) is 0 Å². The van der Waals surface area contributed by atoms with Crippen LogP contribution >= 0.6 is 0 Å². The third-order valence-corrected chi connectivity index (χ3v) is 3.37. The molecule has 0 aromatic carbocycles. The Morgan fingerprint density at radius 1 is 1.33 bits per heavy atom. The van der Waals surface area contributed by atoms with Crippen molar-refractivity contribution in [1.29, 1.82) is 0 Å². The van der Waals surface area contributed by atoms with Gasteiger partial charge in [-0.05, 0) is 32.9 Å². The van der Waals surface area contributed by atoms with E-state index in [2.05, 4.69) is 29.1 Å². The second kappa shape index (κ2) is 5.40. The molecule has 1 atom stereocenters. The molecular formula is C14H21N3O. The molecule has 0 saturated heterocycles. The summed E-state index contributed by atoms with van der Waals surface area (Å²) in [6.07, 6.45) is 4.50. The van der Waals surface area contributed by atoms with Gasteiger partial charge in [-0.3, -0.25) is 0 Å². The number of aromatic amines is 1. The summed E-state index contributed by atoms with van der Waals surface area (Å²) in [5.74, 6) is 3.01. The van der Waals surface area contributed by atoms with Gasteiger partial charge in [0.2, 0.25) is 0 Å². The SMILES string of the molecule is CCNC(Cc1ncc[nH]1)c1c(C)oc(C)c1C. The number of rotatable bonds is 5. The highest BCUT2D eigenvalue weighted by Gasteiger charge is 2.21. The third-order valence-electron chi connectivity index (χ3n) is 3.37. The number of nitrogens with zero attached hydrogens (tertiary/aromatic N) is 1. The van der Waals surface area contributed by atoms with Gasteiger partial charge < -0.3 is 14.7 Å². The highest BCUT2D eigenvalue weighted by molar-refractivity contribution is 5.34. The molecule has 0 amide bonds. The summed E-state index contributed by atoms with van der Waals surface area (Å²) in [5, 5.41) is 3.51. The summed E-state index contributed by atoms with van der Waals surface area (Å²) < 4.78 is 5.72. The summed E-state index contributed by atoms with van der Waals surface area (Å²) >= 11 is 0. The summed E-state index contributed by atoms with van der Waals surface area (Å²) in [6.45, 7) is 9.21. The minimum atomic E-state index is 0.249. The van der Waals surface area contributed by atoms with Crippen LogP contribution in [0.25, 0.3) is 0 Å². The molecule has 0 aliphatic heterocycles. The summed E-state index contributed by atoms with van der Waals surface area (Å²) in [6, 6.07) is 0.249. The van der Waals surface area contributed by atoms with E-state index in [1.807, 2.05) is 20.0 Å². The number of aromatic nitrogens is 2. The van der Waals surface area contributed by atoms with E-state index in [-0.39, 0.29) is 6.04 Å². The van der Waals surface area contributed by atoms with E-state index in [0.717, 1.165) is 30.3 Å². The van der Waals surface area contributed by atoms with E-state index in [4.69, 9.17) is 4.42 Å². The quantitative estimate of drug-likeness (QED) is 0.854. The van der Waals surface area contributed by atoms with Crippen LogP contribution in [0.3, 0.4) is 0 Å². The Morgan fingerprint density at radius 2 is 2.11 bits per heavy atom. The summed E-state index contributed by atoms with van der Waals surface area (Å²) in [5.41, 5.74) is 2.51. The van der Waals surface area contributed by atoms with Gasteiger partial charge in [-0.2, -0.15) is 0 Å². The van der Waals surface area contributed by atoms with Crippen molar-refractivity contribution >= 4 is 0 Å². The lowest BCUT2D eigenvalue weighted by Gasteiger charge is -2.17. The monoisotopic (exact) mass is 247 g/mol. The molecule has 98 valence electrons. The number of likely N-dealkylation sites (N-methyl/N-ethyl adjacent to an activating group) is 1. The van der Waals surface area contributed by atoms with Crippen molar-refractivity contribution < 1.29 is 4.42 Å². The number of hydrogen-bond acceptors (Lipinski definition) is 3. The number of imidazole rings is 1. The second-order valence-corrected chi connectivity index (χ2v) is 4.60. The van der Waals surface area contributed by atoms with Gasteiger partial charge in [0, 0.05) is 30.4 Å². The van der Waals surface area contributed by atoms with Crippen LogP contribution in [0.4, 0.5) is 0 Å². The minimum Gasteiger partial charge on any atom is -0.466 e. The van der Waals surface area contributed by atoms with Crippen LogP contribution in [0.2, 0.25) is 0 Å². The topological polar surface area (TPSA) is 53.9 Å². The first kappa shape index (κ1) is 12.9. The molecule has 2 N–H and O–H groups in total. The summed E-state index contributed by atoms with van der Waals surface area (Å²) in [7, 11) is 0. The van der Waals surface area contributed by atoms with Crippen LogP contribution < -0.4 is 5.32 Å². The van der Waals surface area contributed by atoms with Crippen molar-refractivity contribution in [2.45, 2.75) is 40.2 Å². The van der Waals surface area contributed by atoms with Gasteiger partial charge in [0.25, 0.3) is 0 Å². The number of nitrogens with one attached hydrogen (secondary N) is 2. The first-order valence-electron chi connectivity index (χ1n) is 6.41. The molecule has 2 aromatic heterocycles. The minimum absolute atomic E-state index is 0.249. The van der Waals surface area contributed by atoms with Crippen LogP contribution in [-0.4, -0.2) is 16.5 Å². The Kier molecular flexibility index (Phi) is 3.87. The molecule has 2 aromatic rings. The first-order valence-corrected chi connectivity index (χ1v) is 6.41. The van der Waals surface area contributed by atoms with E-state index in [1.54, 1.807) is 6.20 Å². The fourth-order valence-electron chi connectivity index (χ4n) is 2.45. The Balaban J connectivity index is 2.29. The zero-order chi connectivity index (χ0) is 13.1. The molecule has 0 spiro atoms. The number of H-pyrrole nitrogens is 1. The van der Waals surface area contributed by atoms with Crippen LogP contribution in [-0.2, 0) is 6.42 Å². The Morgan fingerprint density at radius 3 is 2.61 bits per heavy atom. The lowest BCUT2D eigenvalue weighted by Crippen LogP contribution is -2.24. The molecule has 0 aliphatic rings. The van der Waals surface area contributed by atoms with Gasteiger partial charge in [0.1, 0.15) is 17.3 Å². The zero-order valence-corrected chi connectivity index (χ0v) is 11.5. The number of aryl methyl sites for hydroxylation is 2. The van der Waals surface area contributed by atoms with E-state index >= 15 is 0 Å². The molecule has 4 heteroatoms. The second-order valence-electron chi connectivity index (χ2n) is 4.60. The molecule has 0 saturated carbocycles. The maximum atomic E-state index is 5.72. The first-order chi connectivity index (χ1) is 8.63. The molecule has 0 bridgehead atoms. The molecule has 18 heavy (non-hydrogen) atoms. The Bertz CT molecular complexity index is 499. The predicted octanol–water partition coefficient (Wildman–Crippen LogP) is 2.82. The van der Waals surface area contributed by atoms with Gasteiger partial charge in [-0.25, -0.2) is 4.98 Å². The van der Waals surface area contributed by atoms with Crippen LogP contribution in [0, 0.1) is 20.8 Å². The van der Waals surface area contributed by atoms with Crippen molar-refractivity contribution in [3.63, 3.8) is 0 Å². The van der Waals surface area contributed by atoms with Crippen molar-refractivity contribution in [2.24, 2.45) is 0 Å². The largest absolute Gasteiger partial charge is 0.466 e. The zero-order valence-electron chi connectivity index (χ0n) is 11.5. The molecule has 2 rings (SSSR count). The van der Waals surface area contributed by atoms with E-state index < -0.39 is 0 Å². The van der Waals surface area contributed by atoms with E-state index in [1.165, 1.54) is 11.1 Å². The van der Waals surface area contributed by atoms with Crippen molar-refractivity contribution in [3.05, 3.63) is 40.9 Å². The molecular weight excluding hydrogens is 226 g/mol. The van der Waals surface area contributed by atoms with Gasteiger partial charge in [-0.1, -0.05) is 6.92 Å². The molecule has 2 heterocycles. The lowest BCUT2D eigenvalue weighted by atomic mass is 9.99. The maximum Gasteiger partial charge on any atom is 0.107 e. The van der Waals surface area contributed by atoms with Gasteiger partial charge in [-0.15, -0.1) is 0 Å². The molecule has 0 aliphatic carbocycles. The lowest BCUT2D eigenvalue weighted by molar-refractivity contribution is 0.482. The third kappa shape index (κ3) is 2.48. The molecule has 4 nitrogen and oxygen atoms in total. The maximum absolute atomic E-state index is 5.72. The Labute approximate surface area is 108 Å². The average molecular weight is 247 g/mol. The normalized spacial score (nSPS) is 12.9. The molecule has 0 radical (unpaired) electrons. The van der Waals surface area contributed by atoms with Crippen molar-refractivity contribution in [1.82, 2.24) is 15.3 Å². The fourth-order valence-corrected chi connectivity index (χ4v) is 2.45. The average Bonchev–Trinajstić information content (AvgIpc) is 2.89. The van der Waals surface area contributed by atoms with Crippen molar-refractivity contribution in [3.8, 4) is 0 Å². The molecule has 0 fully saturated rings. The summed E-state index contributed by atoms with van der Waals surface area (Å²) in [4.78, 5) is 7.46. The van der Waals surface area contributed by atoms with Crippen molar-refractivity contribution in [2.75, 3.05) is 6.54 Å². The Hall–Kier alpha value is -1.55. The number of hydrogen-bond donors (Lipinski definition) is 2. The number of furan rings is 1. The fraction of sp³-hybridized carbons (Fsp3) is 0.500. The van der Waals surface area contributed by atoms with Gasteiger partial charge in [0.15, 0.2) is 0 Å².